The summed E-state index contributed by atoms with van der Waals surface area (Å²) in [5.41, 5.74) is 0. The van der Waals surface area contributed by atoms with E-state index in [0.29, 0.717) is 5.17 Å². The molecule has 0 aromatic heterocycles. The van der Waals surface area contributed by atoms with Crippen LogP contribution in [0.5, 0.6) is 0 Å². The molecule has 0 saturated heterocycles. The van der Waals surface area contributed by atoms with Gasteiger partial charge in [-0.3, -0.25) is 0 Å². The van der Waals surface area contributed by atoms with Crippen molar-refractivity contribution in [2.75, 3.05) is 13.3 Å². The van der Waals surface area contributed by atoms with E-state index in [-0.39, 0.29) is 0 Å². The Balaban J connectivity index is 4.01. The lowest BCUT2D eigenvalue weighted by Gasteiger charge is -1.99. The van der Waals surface area contributed by atoms with Crippen LogP contribution in [-0.4, -0.2) is 29.2 Å². The van der Waals surface area contributed by atoms with E-state index in [4.69, 9.17) is 0 Å². The number of rotatable bonds is 0. The first-order valence-electron chi connectivity index (χ1n) is 2.51. The highest BCUT2D eigenvalue weighted by molar-refractivity contribution is 8.05. The summed E-state index contributed by atoms with van der Waals surface area (Å²) in [6.45, 7) is 1.76. The number of hydrogen-bond acceptors (Lipinski definition) is 2. The molecule has 0 aliphatic heterocycles. The molecule has 0 spiro atoms. The molecule has 0 aliphatic rings. The largest absolute Gasteiger partial charge is 0.609 e. The van der Waals surface area contributed by atoms with Crippen LogP contribution in [0.4, 0.5) is 0 Å². The first kappa shape index (κ1) is 8.65. The van der Waals surface area contributed by atoms with Gasteiger partial charge in [-0.25, -0.2) is 4.99 Å². The van der Waals surface area contributed by atoms with E-state index < -0.39 is 11.2 Å². The quantitative estimate of drug-likeness (QED) is 0.278. The molecule has 1 atom stereocenters. The lowest BCUT2D eigenvalue weighted by Crippen LogP contribution is -2.09. The molecule has 0 aromatic rings. The highest BCUT2D eigenvalue weighted by Gasteiger charge is 2.04. The average Bonchev–Trinajstić information content (AvgIpc) is 1.82. The molecule has 0 bridgehead atoms. The van der Waals surface area contributed by atoms with Crippen LogP contribution in [0.3, 0.4) is 0 Å². The van der Waals surface area contributed by atoms with Gasteiger partial charge < -0.3 is 4.55 Å². The SMILES string of the molecule is C/C=N\C(=N/C)[S+](C)[O-]. The fourth-order valence-corrected chi connectivity index (χ4v) is 0.882. The normalized spacial score (nSPS) is 16.7. The fraction of sp³-hybridized carbons (Fsp3) is 0.600. The summed E-state index contributed by atoms with van der Waals surface area (Å²) in [7, 11) is 1.57. The summed E-state index contributed by atoms with van der Waals surface area (Å²) >= 11 is -1.05. The summed E-state index contributed by atoms with van der Waals surface area (Å²) in [5, 5.41) is 0.387. The fourth-order valence-electron chi connectivity index (χ4n) is 0.371. The van der Waals surface area contributed by atoms with E-state index >= 15 is 0 Å². The van der Waals surface area contributed by atoms with Gasteiger partial charge >= 0.3 is 5.17 Å². The second-order valence-electron chi connectivity index (χ2n) is 1.35. The van der Waals surface area contributed by atoms with Crippen molar-refractivity contribution < 1.29 is 4.55 Å². The molecule has 9 heavy (non-hydrogen) atoms. The molecule has 0 aromatic carbocycles. The summed E-state index contributed by atoms with van der Waals surface area (Å²) < 4.78 is 10.6. The van der Waals surface area contributed by atoms with Crippen LogP contribution in [0.1, 0.15) is 6.92 Å². The third-order valence-corrected chi connectivity index (χ3v) is 1.49. The topological polar surface area (TPSA) is 47.8 Å². The van der Waals surface area contributed by atoms with Gasteiger partial charge in [0.1, 0.15) is 6.26 Å². The van der Waals surface area contributed by atoms with Crippen molar-refractivity contribution in [2.24, 2.45) is 9.98 Å². The van der Waals surface area contributed by atoms with E-state index in [1.807, 2.05) is 0 Å². The molecule has 3 nitrogen and oxygen atoms in total. The molecule has 0 rings (SSSR count). The number of amidine groups is 1. The zero-order chi connectivity index (χ0) is 7.28. The van der Waals surface area contributed by atoms with Gasteiger partial charge in [0.15, 0.2) is 0 Å². The predicted octanol–water partition coefficient (Wildman–Crippen LogP) is 0.441. The lowest BCUT2D eigenvalue weighted by molar-refractivity contribution is 0.611. The summed E-state index contributed by atoms with van der Waals surface area (Å²) in [6.07, 6.45) is 3.12. The number of aliphatic imine (C=N–C) groups is 2. The predicted molar refractivity (Wildman–Crippen MR) is 41.6 cm³/mol. The molecule has 0 aliphatic carbocycles. The third-order valence-electron chi connectivity index (χ3n) is 0.688. The minimum absolute atomic E-state index is 0.387. The molecular formula is C5H10N2OS. The van der Waals surface area contributed by atoms with Gasteiger partial charge in [-0.05, 0) is 6.92 Å². The molecule has 0 radical (unpaired) electrons. The average molecular weight is 146 g/mol. The second kappa shape index (κ2) is 4.52. The minimum Gasteiger partial charge on any atom is -0.609 e. The first-order valence-corrected chi connectivity index (χ1v) is 4.07. The lowest BCUT2D eigenvalue weighted by atomic mass is 10.9. The van der Waals surface area contributed by atoms with Crippen LogP contribution >= 0.6 is 0 Å². The molecule has 1 unspecified atom stereocenters. The number of nitrogens with zero attached hydrogens (tertiary/aromatic N) is 2. The molecule has 0 heterocycles. The van der Waals surface area contributed by atoms with E-state index in [2.05, 4.69) is 9.98 Å². The van der Waals surface area contributed by atoms with Crippen molar-refractivity contribution in [3.8, 4) is 0 Å². The Kier molecular flexibility index (Phi) is 4.35. The molecule has 52 valence electrons. The van der Waals surface area contributed by atoms with Gasteiger partial charge in [-0.15, -0.1) is 0 Å². The van der Waals surface area contributed by atoms with Gasteiger partial charge in [0.2, 0.25) is 0 Å². The minimum atomic E-state index is -1.05. The van der Waals surface area contributed by atoms with Crippen LogP contribution in [-0.2, 0) is 11.2 Å². The Morgan fingerprint density at radius 3 is 2.33 bits per heavy atom. The Bertz CT molecular complexity index is 131. The van der Waals surface area contributed by atoms with Crippen LogP contribution in [0, 0.1) is 0 Å². The van der Waals surface area contributed by atoms with Crippen molar-refractivity contribution in [3.05, 3.63) is 0 Å². The van der Waals surface area contributed by atoms with Gasteiger partial charge in [0.25, 0.3) is 0 Å². The second-order valence-corrected chi connectivity index (χ2v) is 2.62. The highest BCUT2D eigenvalue weighted by atomic mass is 32.2. The molecule has 0 amide bonds. The Hall–Kier alpha value is -0.350. The molecular weight excluding hydrogens is 136 g/mol. The van der Waals surface area contributed by atoms with Crippen molar-refractivity contribution in [3.63, 3.8) is 0 Å². The van der Waals surface area contributed by atoms with E-state index in [1.54, 1.807) is 26.4 Å². The Morgan fingerprint density at radius 1 is 1.67 bits per heavy atom. The monoisotopic (exact) mass is 146 g/mol. The van der Waals surface area contributed by atoms with Crippen molar-refractivity contribution >= 4 is 22.6 Å². The third kappa shape index (κ3) is 3.26. The summed E-state index contributed by atoms with van der Waals surface area (Å²) in [6, 6.07) is 0. The van der Waals surface area contributed by atoms with Gasteiger partial charge in [0.05, 0.1) is 0 Å². The molecule has 0 saturated carbocycles. The van der Waals surface area contributed by atoms with Crippen LogP contribution in [0.25, 0.3) is 0 Å². The number of hydrogen-bond donors (Lipinski definition) is 0. The molecule has 0 fully saturated rings. The Labute approximate surface area is 58.1 Å². The maximum atomic E-state index is 10.6. The van der Waals surface area contributed by atoms with Crippen molar-refractivity contribution in [2.45, 2.75) is 6.92 Å². The van der Waals surface area contributed by atoms with Gasteiger partial charge in [0, 0.05) is 24.4 Å². The van der Waals surface area contributed by atoms with Crippen LogP contribution < -0.4 is 0 Å². The van der Waals surface area contributed by atoms with E-state index in [1.165, 1.54) is 0 Å². The summed E-state index contributed by atoms with van der Waals surface area (Å²) in [5.74, 6) is 0. The Morgan fingerprint density at radius 2 is 2.22 bits per heavy atom. The summed E-state index contributed by atoms with van der Waals surface area (Å²) in [4.78, 5) is 7.46. The molecule has 4 heteroatoms. The zero-order valence-electron chi connectivity index (χ0n) is 5.79. The highest BCUT2D eigenvalue weighted by Crippen LogP contribution is 1.89. The first-order chi connectivity index (χ1) is 4.22. The van der Waals surface area contributed by atoms with E-state index in [9.17, 15) is 4.55 Å². The zero-order valence-corrected chi connectivity index (χ0v) is 6.60. The maximum absolute atomic E-state index is 10.6. The van der Waals surface area contributed by atoms with Crippen molar-refractivity contribution in [1.29, 1.82) is 0 Å². The van der Waals surface area contributed by atoms with Crippen LogP contribution in [0.2, 0.25) is 0 Å². The van der Waals surface area contributed by atoms with E-state index in [0.717, 1.165) is 0 Å². The molecule has 0 N–H and O–H groups in total. The van der Waals surface area contributed by atoms with Crippen LogP contribution in [0.15, 0.2) is 9.98 Å². The van der Waals surface area contributed by atoms with Gasteiger partial charge in [-0.2, -0.15) is 4.99 Å². The standard InChI is InChI=1S/C5H10N2OS/c1-4-7-5(6-2)9(3)8/h4H,1-3H3/b6-5+,7-4-. The smallest absolute Gasteiger partial charge is 0.337 e. The maximum Gasteiger partial charge on any atom is 0.337 e. The van der Waals surface area contributed by atoms with Crippen molar-refractivity contribution in [1.82, 2.24) is 0 Å². The van der Waals surface area contributed by atoms with Gasteiger partial charge in [-0.1, -0.05) is 0 Å².